The quantitative estimate of drug-likeness (QED) is 0.503. The Morgan fingerprint density at radius 3 is 2.88 bits per heavy atom. The van der Waals surface area contributed by atoms with Gasteiger partial charge in [-0.15, -0.1) is 0 Å². The fourth-order valence-electron chi connectivity index (χ4n) is 2.09. The number of rotatable bonds is 3. The monoisotopic (exact) mass is 272 g/mol. The van der Waals surface area contributed by atoms with E-state index in [1.807, 2.05) is 6.26 Å². The number of nitrogens with one attached hydrogen (secondary N) is 1. The Balaban J connectivity index is 2.09. The van der Waals surface area contributed by atoms with Gasteiger partial charge in [0.2, 0.25) is 0 Å². The van der Waals surface area contributed by atoms with Crippen LogP contribution in [0.2, 0.25) is 5.15 Å². The first-order chi connectivity index (χ1) is 8.19. The molecule has 3 N–H and O–H groups in total. The van der Waals surface area contributed by atoms with Gasteiger partial charge in [-0.2, -0.15) is 0 Å². The van der Waals surface area contributed by atoms with E-state index in [2.05, 4.69) is 15.3 Å². The Bertz CT molecular complexity index is 388. The summed E-state index contributed by atoms with van der Waals surface area (Å²) in [6.45, 7) is 0. The van der Waals surface area contributed by atoms with Gasteiger partial charge in [0.1, 0.15) is 11.0 Å². The van der Waals surface area contributed by atoms with E-state index in [0.29, 0.717) is 16.4 Å². The Morgan fingerprint density at radius 2 is 2.18 bits per heavy atom. The highest BCUT2D eigenvalue weighted by Crippen LogP contribution is 2.22. The molecule has 0 saturated heterocycles. The second-order valence-corrected chi connectivity index (χ2v) is 5.42. The van der Waals surface area contributed by atoms with Crippen LogP contribution in [0.4, 0.5) is 5.82 Å². The maximum atomic E-state index is 6.09. The molecule has 17 heavy (non-hydrogen) atoms. The van der Waals surface area contributed by atoms with Crippen LogP contribution in [0.25, 0.3) is 0 Å². The van der Waals surface area contributed by atoms with E-state index in [4.69, 9.17) is 17.3 Å². The second kappa shape index (κ2) is 5.89. The third-order valence-electron chi connectivity index (χ3n) is 3.01. The molecule has 1 aromatic heterocycles. The molecule has 2 rings (SSSR count). The molecule has 0 unspecified atom stereocenters. The lowest BCUT2D eigenvalue weighted by atomic mass is 9.91. The molecule has 94 valence electrons. The highest BCUT2D eigenvalue weighted by molar-refractivity contribution is 7.98. The molecule has 0 radical (unpaired) electrons. The number of hydrogen-bond donors (Lipinski definition) is 2. The SMILES string of the molecule is CSc1nc(Cl)cc(N[C@@H]2CCCC[C@@H]2N)n1. The highest BCUT2D eigenvalue weighted by atomic mass is 35.5. The lowest BCUT2D eigenvalue weighted by molar-refractivity contribution is 0.403. The van der Waals surface area contributed by atoms with Crippen LogP contribution in [0.5, 0.6) is 0 Å². The van der Waals surface area contributed by atoms with Gasteiger partial charge in [0.15, 0.2) is 5.16 Å². The van der Waals surface area contributed by atoms with E-state index in [1.165, 1.54) is 24.6 Å². The van der Waals surface area contributed by atoms with Crippen molar-refractivity contribution in [1.29, 1.82) is 0 Å². The number of nitrogens with zero attached hydrogens (tertiary/aromatic N) is 2. The van der Waals surface area contributed by atoms with Gasteiger partial charge in [-0.1, -0.05) is 36.2 Å². The Labute approximate surface area is 111 Å². The molecule has 2 atom stereocenters. The molecule has 0 aliphatic heterocycles. The van der Waals surface area contributed by atoms with Crippen LogP contribution < -0.4 is 11.1 Å². The molecule has 0 bridgehead atoms. The normalized spacial score (nSPS) is 24.6. The van der Waals surface area contributed by atoms with E-state index < -0.39 is 0 Å². The minimum absolute atomic E-state index is 0.204. The van der Waals surface area contributed by atoms with Crippen molar-refractivity contribution in [2.45, 2.75) is 42.9 Å². The molecule has 1 saturated carbocycles. The van der Waals surface area contributed by atoms with E-state index in [-0.39, 0.29) is 6.04 Å². The van der Waals surface area contributed by atoms with Gasteiger partial charge in [0.25, 0.3) is 0 Å². The standard InChI is InChI=1S/C11H17ClN4S/c1-17-11-15-9(12)6-10(16-11)14-8-5-3-2-4-7(8)13/h6-8H,2-5,13H2,1H3,(H,14,15,16)/t7-,8+/m0/s1. The van der Waals surface area contributed by atoms with Gasteiger partial charge in [-0.3, -0.25) is 0 Å². The zero-order chi connectivity index (χ0) is 12.3. The minimum atomic E-state index is 0.204. The summed E-state index contributed by atoms with van der Waals surface area (Å²) in [5.41, 5.74) is 6.09. The van der Waals surface area contributed by atoms with Crippen molar-refractivity contribution >= 4 is 29.2 Å². The zero-order valence-corrected chi connectivity index (χ0v) is 11.4. The lowest BCUT2D eigenvalue weighted by Crippen LogP contribution is -2.42. The minimum Gasteiger partial charge on any atom is -0.366 e. The number of thioether (sulfide) groups is 1. The largest absolute Gasteiger partial charge is 0.366 e. The molecule has 1 aliphatic carbocycles. The fraction of sp³-hybridized carbons (Fsp3) is 0.636. The highest BCUT2D eigenvalue weighted by Gasteiger charge is 2.22. The number of halogens is 1. The van der Waals surface area contributed by atoms with Crippen LogP contribution in [0.15, 0.2) is 11.2 Å². The van der Waals surface area contributed by atoms with Crippen molar-refractivity contribution in [2.75, 3.05) is 11.6 Å². The van der Waals surface area contributed by atoms with Gasteiger partial charge in [-0.05, 0) is 19.1 Å². The van der Waals surface area contributed by atoms with Crippen LogP contribution in [0, 0.1) is 0 Å². The maximum absolute atomic E-state index is 6.09. The smallest absolute Gasteiger partial charge is 0.190 e. The summed E-state index contributed by atoms with van der Waals surface area (Å²) in [6.07, 6.45) is 6.55. The van der Waals surface area contributed by atoms with Gasteiger partial charge < -0.3 is 11.1 Å². The van der Waals surface area contributed by atoms with Crippen LogP contribution in [-0.2, 0) is 0 Å². The second-order valence-electron chi connectivity index (χ2n) is 4.26. The first-order valence-electron chi connectivity index (χ1n) is 5.79. The number of hydrogen-bond acceptors (Lipinski definition) is 5. The van der Waals surface area contributed by atoms with Crippen molar-refractivity contribution in [3.63, 3.8) is 0 Å². The van der Waals surface area contributed by atoms with Gasteiger partial charge >= 0.3 is 0 Å². The summed E-state index contributed by atoms with van der Waals surface area (Å²) in [5.74, 6) is 0.775. The number of anilines is 1. The van der Waals surface area contributed by atoms with Crippen LogP contribution in [-0.4, -0.2) is 28.3 Å². The summed E-state index contributed by atoms with van der Waals surface area (Å²) in [5, 5.41) is 4.53. The molecule has 6 heteroatoms. The third kappa shape index (κ3) is 3.47. The number of aromatic nitrogens is 2. The van der Waals surface area contributed by atoms with Crippen molar-refractivity contribution in [3.05, 3.63) is 11.2 Å². The molecule has 4 nitrogen and oxygen atoms in total. The van der Waals surface area contributed by atoms with Crippen LogP contribution >= 0.6 is 23.4 Å². The molecule has 0 spiro atoms. The van der Waals surface area contributed by atoms with E-state index in [9.17, 15) is 0 Å². The maximum Gasteiger partial charge on any atom is 0.190 e. The predicted octanol–water partition coefficient (Wildman–Crippen LogP) is 2.53. The van der Waals surface area contributed by atoms with E-state index in [1.54, 1.807) is 6.07 Å². The summed E-state index contributed by atoms with van der Waals surface area (Å²) < 4.78 is 0. The van der Waals surface area contributed by atoms with Crippen molar-refractivity contribution in [3.8, 4) is 0 Å². The van der Waals surface area contributed by atoms with Gasteiger partial charge in [0, 0.05) is 18.2 Å². The van der Waals surface area contributed by atoms with Crippen molar-refractivity contribution in [2.24, 2.45) is 5.73 Å². The molecule has 0 amide bonds. The summed E-state index contributed by atoms with van der Waals surface area (Å²) in [4.78, 5) is 8.49. The molecule has 1 aliphatic rings. The number of nitrogens with two attached hydrogens (primary N) is 1. The Hall–Kier alpha value is -0.520. The topological polar surface area (TPSA) is 63.8 Å². The Morgan fingerprint density at radius 1 is 1.41 bits per heavy atom. The first-order valence-corrected chi connectivity index (χ1v) is 7.40. The summed E-state index contributed by atoms with van der Waals surface area (Å²) >= 11 is 7.43. The lowest BCUT2D eigenvalue weighted by Gasteiger charge is -2.29. The zero-order valence-electron chi connectivity index (χ0n) is 9.82. The van der Waals surface area contributed by atoms with E-state index >= 15 is 0 Å². The molecule has 0 aromatic carbocycles. The van der Waals surface area contributed by atoms with Gasteiger partial charge in [-0.25, -0.2) is 9.97 Å². The van der Waals surface area contributed by atoms with E-state index in [0.717, 1.165) is 18.7 Å². The molecular formula is C11H17ClN4S. The molecule has 1 aromatic rings. The molecule has 1 fully saturated rings. The molecule has 1 heterocycles. The van der Waals surface area contributed by atoms with Crippen molar-refractivity contribution in [1.82, 2.24) is 9.97 Å². The first kappa shape index (κ1) is 12.9. The van der Waals surface area contributed by atoms with Gasteiger partial charge in [0.05, 0.1) is 0 Å². The van der Waals surface area contributed by atoms with Crippen LogP contribution in [0.1, 0.15) is 25.7 Å². The summed E-state index contributed by atoms with van der Waals surface area (Å²) in [7, 11) is 0. The average molecular weight is 273 g/mol. The van der Waals surface area contributed by atoms with Crippen LogP contribution in [0.3, 0.4) is 0 Å². The molecular weight excluding hydrogens is 256 g/mol. The average Bonchev–Trinajstić information content (AvgIpc) is 2.31. The summed E-state index contributed by atoms with van der Waals surface area (Å²) in [6, 6.07) is 2.25. The Kier molecular flexibility index (Phi) is 4.48. The van der Waals surface area contributed by atoms with Crippen molar-refractivity contribution < 1.29 is 0 Å². The third-order valence-corrected chi connectivity index (χ3v) is 3.75. The predicted molar refractivity (Wildman–Crippen MR) is 72.7 cm³/mol. The fourth-order valence-corrected chi connectivity index (χ4v) is 2.70.